The Bertz CT molecular complexity index is 503. The van der Waals surface area contributed by atoms with Crippen molar-refractivity contribution in [1.29, 1.82) is 0 Å². The third-order valence-electron chi connectivity index (χ3n) is 3.13. The SMILES string of the molecule is COc1c(C(C)C)ccc(C(=O)C(F)(F)F)c1C(C)C. The number of ketones is 1. The Morgan fingerprint density at radius 3 is 2.00 bits per heavy atom. The number of rotatable bonds is 4. The number of ether oxygens (including phenoxy) is 1. The predicted octanol–water partition coefficient (Wildman–Crippen LogP) is 4.69. The summed E-state index contributed by atoms with van der Waals surface area (Å²) in [4.78, 5) is 11.6. The third kappa shape index (κ3) is 3.14. The van der Waals surface area contributed by atoms with Crippen LogP contribution in [0, 0.1) is 0 Å². The van der Waals surface area contributed by atoms with Crippen molar-refractivity contribution >= 4 is 5.78 Å². The molecule has 0 bridgehead atoms. The molecule has 0 aliphatic carbocycles. The molecule has 1 rings (SSSR count). The number of benzene rings is 1. The lowest BCUT2D eigenvalue weighted by molar-refractivity contribution is -0.0886. The maximum Gasteiger partial charge on any atom is 0.454 e. The molecule has 1 aromatic rings. The van der Waals surface area contributed by atoms with Crippen molar-refractivity contribution in [2.24, 2.45) is 0 Å². The van der Waals surface area contributed by atoms with Gasteiger partial charge in [0.2, 0.25) is 0 Å². The first-order chi connectivity index (χ1) is 9.11. The van der Waals surface area contributed by atoms with E-state index in [1.54, 1.807) is 13.8 Å². The van der Waals surface area contributed by atoms with Crippen LogP contribution in [0.3, 0.4) is 0 Å². The zero-order valence-corrected chi connectivity index (χ0v) is 12.3. The van der Waals surface area contributed by atoms with E-state index < -0.39 is 12.0 Å². The molecule has 0 aliphatic rings. The number of hydrogen-bond acceptors (Lipinski definition) is 2. The van der Waals surface area contributed by atoms with E-state index >= 15 is 0 Å². The molecule has 0 atom stereocenters. The fourth-order valence-corrected chi connectivity index (χ4v) is 2.22. The predicted molar refractivity (Wildman–Crippen MR) is 71.6 cm³/mol. The average Bonchev–Trinajstić information content (AvgIpc) is 2.34. The Balaban J connectivity index is 3.59. The molecule has 0 saturated carbocycles. The molecule has 0 saturated heterocycles. The highest BCUT2D eigenvalue weighted by Crippen LogP contribution is 2.38. The van der Waals surface area contributed by atoms with Gasteiger partial charge in [-0.2, -0.15) is 13.2 Å². The van der Waals surface area contributed by atoms with Gasteiger partial charge in [0.25, 0.3) is 5.78 Å². The van der Waals surface area contributed by atoms with Gasteiger partial charge in [0.15, 0.2) is 0 Å². The second-order valence-electron chi connectivity index (χ2n) is 5.29. The lowest BCUT2D eigenvalue weighted by Crippen LogP contribution is -2.24. The summed E-state index contributed by atoms with van der Waals surface area (Å²) >= 11 is 0. The molecule has 2 nitrogen and oxygen atoms in total. The van der Waals surface area contributed by atoms with Crippen molar-refractivity contribution in [2.45, 2.75) is 45.7 Å². The Morgan fingerprint density at radius 2 is 1.65 bits per heavy atom. The van der Waals surface area contributed by atoms with Gasteiger partial charge in [0.1, 0.15) is 5.75 Å². The second-order valence-corrected chi connectivity index (χ2v) is 5.29. The van der Waals surface area contributed by atoms with Crippen LogP contribution in [-0.2, 0) is 0 Å². The quantitative estimate of drug-likeness (QED) is 0.751. The van der Waals surface area contributed by atoms with Gasteiger partial charge in [-0.15, -0.1) is 0 Å². The molecule has 0 fully saturated rings. The van der Waals surface area contributed by atoms with Gasteiger partial charge in [-0.05, 0) is 17.4 Å². The molecule has 0 amide bonds. The highest BCUT2D eigenvalue weighted by atomic mass is 19.4. The lowest BCUT2D eigenvalue weighted by Gasteiger charge is -2.21. The molecule has 0 unspecified atom stereocenters. The normalized spacial score (nSPS) is 12.1. The van der Waals surface area contributed by atoms with E-state index in [0.717, 1.165) is 5.56 Å². The monoisotopic (exact) mass is 288 g/mol. The summed E-state index contributed by atoms with van der Waals surface area (Å²) in [6.45, 7) is 7.34. The van der Waals surface area contributed by atoms with Gasteiger partial charge in [-0.1, -0.05) is 39.8 Å². The van der Waals surface area contributed by atoms with E-state index in [-0.39, 0.29) is 17.4 Å². The van der Waals surface area contributed by atoms with Crippen LogP contribution in [0.4, 0.5) is 13.2 Å². The molecule has 1 aromatic carbocycles. The van der Waals surface area contributed by atoms with Gasteiger partial charge in [0, 0.05) is 11.1 Å². The summed E-state index contributed by atoms with van der Waals surface area (Å²) in [5.74, 6) is -1.60. The van der Waals surface area contributed by atoms with E-state index in [1.165, 1.54) is 19.2 Å². The van der Waals surface area contributed by atoms with E-state index in [2.05, 4.69) is 0 Å². The Morgan fingerprint density at radius 1 is 1.10 bits per heavy atom. The van der Waals surface area contributed by atoms with Crippen LogP contribution >= 0.6 is 0 Å². The van der Waals surface area contributed by atoms with Crippen LogP contribution in [0.5, 0.6) is 5.75 Å². The fraction of sp³-hybridized carbons (Fsp3) is 0.533. The van der Waals surface area contributed by atoms with Crippen LogP contribution in [-0.4, -0.2) is 19.1 Å². The van der Waals surface area contributed by atoms with Crippen molar-refractivity contribution in [3.63, 3.8) is 0 Å². The van der Waals surface area contributed by atoms with Gasteiger partial charge in [-0.3, -0.25) is 4.79 Å². The maximum atomic E-state index is 12.7. The van der Waals surface area contributed by atoms with Gasteiger partial charge < -0.3 is 4.74 Å². The van der Waals surface area contributed by atoms with Crippen molar-refractivity contribution in [2.75, 3.05) is 7.11 Å². The van der Waals surface area contributed by atoms with Crippen molar-refractivity contribution in [3.05, 3.63) is 28.8 Å². The number of alkyl halides is 3. The van der Waals surface area contributed by atoms with Crippen molar-refractivity contribution < 1.29 is 22.7 Å². The summed E-state index contributed by atoms with van der Waals surface area (Å²) in [6.07, 6.45) is -4.88. The molecule has 112 valence electrons. The number of methoxy groups -OCH3 is 1. The number of hydrogen-bond donors (Lipinski definition) is 0. The molecule has 0 radical (unpaired) electrons. The number of carbonyl (C=O) groups excluding carboxylic acids is 1. The fourth-order valence-electron chi connectivity index (χ4n) is 2.22. The van der Waals surface area contributed by atoms with Crippen molar-refractivity contribution in [1.82, 2.24) is 0 Å². The van der Waals surface area contributed by atoms with Crippen molar-refractivity contribution in [3.8, 4) is 5.75 Å². The van der Waals surface area contributed by atoms with Crippen LogP contribution in [0.2, 0.25) is 0 Å². The molecule has 20 heavy (non-hydrogen) atoms. The largest absolute Gasteiger partial charge is 0.496 e. The smallest absolute Gasteiger partial charge is 0.454 e. The first kappa shape index (κ1) is 16.5. The number of Topliss-reactive ketones (excluding diaryl/α,β-unsaturated/α-hetero) is 1. The highest BCUT2D eigenvalue weighted by molar-refractivity contribution is 6.02. The summed E-state index contributed by atoms with van der Waals surface area (Å²) in [5.41, 5.74) is 0.796. The Kier molecular flexibility index (Phi) is 4.84. The number of carbonyl (C=O) groups is 1. The molecular formula is C15H19F3O2. The highest BCUT2D eigenvalue weighted by Gasteiger charge is 2.41. The van der Waals surface area contributed by atoms with Crippen LogP contribution in [0.15, 0.2) is 12.1 Å². The maximum absolute atomic E-state index is 12.7. The van der Waals surface area contributed by atoms with E-state index in [0.29, 0.717) is 11.3 Å². The Labute approximate surface area is 116 Å². The minimum Gasteiger partial charge on any atom is -0.496 e. The second kappa shape index (κ2) is 5.85. The van der Waals surface area contributed by atoms with Gasteiger partial charge >= 0.3 is 6.18 Å². The van der Waals surface area contributed by atoms with Crippen LogP contribution in [0.1, 0.15) is 61.0 Å². The molecular weight excluding hydrogens is 269 g/mol. The standard InChI is InChI=1S/C15H19F3O2/c1-8(2)10-6-7-11(14(19)15(16,17)18)12(9(3)4)13(10)20-5/h6-9H,1-5H3. The van der Waals surface area contributed by atoms with Gasteiger partial charge in [0.05, 0.1) is 7.11 Å². The molecule has 0 aromatic heterocycles. The summed E-state index contributed by atoms with van der Waals surface area (Å²) in [7, 11) is 1.41. The average molecular weight is 288 g/mol. The molecule has 0 aliphatic heterocycles. The minimum atomic E-state index is -4.88. The summed E-state index contributed by atoms with van der Waals surface area (Å²) in [6, 6.07) is 2.79. The Hall–Kier alpha value is -1.52. The zero-order chi connectivity index (χ0) is 15.7. The summed E-state index contributed by atoms with van der Waals surface area (Å²) < 4.78 is 43.3. The summed E-state index contributed by atoms with van der Waals surface area (Å²) in [5, 5.41) is 0. The van der Waals surface area contributed by atoms with E-state index in [9.17, 15) is 18.0 Å². The zero-order valence-electron chi connectivity index (χ0n) is 12.3. The molecule has 0 heterocycles. The number of halogens is 3. The molecule has 5 heteroatoms. The topological polar surface area (TPSA) is 26.3 Å². The molecule has 0 N–H and O–H groups in total. The van der Waals surface area contributed by atoms with Crippen LogP contribution < -0.4 is 4.74 Å². The van der Waals surface area contributed by atoms with E-state index in [4.69, 9.17) is 4.74 Å². The first-order valence-electron chi connectivity index (χ1n) is 6.43. The van der Waals surface area contributed by atoms with Gasteiger partial charge in [-0.25, -0.2) is 0 Å². The van der Waals surface area contributed by atoms with E-state index in [1.807, 2.05) is 13.8 Å². The third-order valence-corrected chi connectivity index (χ3v) is 3.13. The minimum absolute atomic E-state index is 0.0949. The lowest BCUT2D eigenvalue weighted by atomic mass is 9.88. The molecule has 0 spiro atoms. The first-order valence-corrected chi connectivity index (χ1v) is 6.43. The van der Waals surface area contributed by atoms with Crippen LogP contribution in [0.25, 0.3) is 0 Å².